The molecule has 2 aromatic heterocycles. The minimum atomic E-state index is -0.539. The smallest absolute Gasteiger partial charge is 0.388 e. The van der Waals surface area contributed by atoms with E-state index in [1.807, 2.05) is 0 Å². The van der Waals surface area contributed by atoms with Gasteiger partial charge < -0.3 is 10.2 Å². The molecule has 0 aliphatic heterocycles. The van der Waals surface area contributed by atoms with Crippen LogP contribution in [0.15, 0.2) is 15.3 Å². The fraction of sp³-hybridized carbons (Fsp3) is 0. The quantitative estimate of drug-likeness (QED) is 0.501. The summed E-state index contributed by atoms with van der Waals surface area (Å²) in [5, 5.41) is 5.96. The first-order chi connectivity index (χ1) is 4.75. The van der Waals surface area contributed by atoms with E-state index in [4.69, 9.17) is 5.73 Å². The van der Waals surface area contributed by atoms with E-state index in [9.17, 15) is 4.79 Å². The predicted octanol–water partition coefficient (Wildman–Crippen LogP) is -0.802. The molecule has 2 heterocycles. The fourth-order valence-corrected chi connectivity index (χ4v) is 0.738. The normalized spacial score (nSPS) is 10.8. The molecule has 0 bridgehead atoms. The third-order valence-electron chi connectivity index (χ3n) is 1.09. The zero-order valence-corrected chi connectivity index (χ0v) is 4.87. The van der Waals surface area contributed by atoms with Crippen LogP contribution in [0, 0.1) is 0 Å². The Labute approximate surface area is 54.2 Å². The molecule has 0 aromatic carbocycles. The Balaban J connectivity index is 2.95. The SMILES string of the molecule is Nc1cc2oc(=O)[nH]n2n1. The molecule has 52 valence electrons. The van der Waals surface area contributed by atoms with Crippen molar-refractivity contribution >= 4 is 11.5 Å². The summed E-state index contributed by atoms with van der Waals surface area (Å²) in [6.07, 6.45) is 0. The zero-order valence-electron chi connectivity index (χ0n) is 4.87. The van der Waals surface area contributed by atoms with E-state index in [1.165, 1.54) is 10.7 Å². The number of hydrogen-bond acceptors (Lipinski definition) is 4. The summed E-state index contributed by atoms with van der Waals surface area (Å²) in [5.74, 6) is -0.225. The first kappa shape index (κ1) is 5.10. The molecule has 0 unspecified atom stereocenters. The van der Waals surface area contributed by atoms with E-state index in [2.05, 4.69) is 14.6 Å². The molecule has 2 aromatic rings. The standard InChI is InChI=1S/C4H4N4O2/c5-2-1-3-8(6-2)7-4(9)10-3/h1H,(H2,5,6)(H,7,9). The highest BCUT2D eigenvalue weighted by atomic mass is 16.4. The van der Waals surface area contributed by atoms with Crippen LogP contribution in [0.1, 0.15) is 0 Å². The number of anilines is 1. The topological polar surface area (TPSA) is 89.3 Å². The van der Waals surface area contributed by atoms with Gasteiger partial charge in [0.25, 0.3) is 0 Å². The number of nitrogen functional groups attached to an aromatic ring is 1. The third kappa shape index (κ3) is 0.524. The first-order valence-corrected chi connectivity index (χ1v) is 2.60. The first-order valence-electron chi connectivity index (χ1n) is 2.60. The Hall–Kier alpha value is -1.72. The molecule has 0 aliphatic rings. The predicted molar refractivity (Wildman–Crippen MR) is 32.5 cm³/mol. The Bertz CT molecular complexity index is 373. The molecule has 0 atom stereocenters. The lowest BCUT2D eigenvalue weighted by Crippen LogP contribution is -2.00. The van der Waals surface area contributed by atoms with Gasteiger partial charge in [-0.3, -0.25) is 0 Å². The van der Waals surface area contributed by atoms with E-state index in [0.29, 0.717) is 11.5 Å². The molecule has 2 rings (SSSR count). The maximum absolute atomic E-state index is 10.4. The summed E-state index contributed by atoms with van der Waals surface area (Å²) in [7, 11) is 0. The Morgan fingerprint density at radius 3 is 3.30 bits per heavy atom. The Kier molecular flexibility index (Phi) is 0.717. The van der Waals surface area contributed by atoms with Crippen molar-refractivity contribution in [3.05, 3.63) is 16.6 Å². The summed E-state index contributed by atoms with van der Waals surface area (Å²) in [4.78, 5) is 10.4. The molecule has 0 amide bonds. The molecular weight excluding hydrogens is 136 g/mol. The van der Waals surface area contributed by atoms with Gasteiger partial charge in [-0.25, -0.2) is 9.89 Å². The van der Waals surface area contributed by atoms with Crippen molar-refractivity contribution in [2.75, 3.05) is 5.73 Å². The number of aromatic nitrogens is 3. The van der Waals surface area contributed by atoms with Gasteiger partial charge in [-0.15, -0.1) is 9.73 Å². The van der Waals surface area contributed by atoms with Crippen LogP contribution in [0.3, 0.4) is 0 Å². The van der Waals surface area contributed by atoms with Crippen molar-refractivity contribution in [2.24, 2.45) is 0 Å². The zero-order chi connectivity index (χ0) is 7.14. The summed E-state index contributed by atoms with van der Waals surface area (Å²) in [6.45, 7) is 0. The van der Waals surface area contributed by atoms with Crippen LogP contribution in [0.4, 0.5) is 5.82 Å². The van der Waals surface area contributed by atoms with Crippen LogP contribution < -0.4 is 11.5 Å². The summed E-state index contributed by atoms with van der Waals surface area (Å²) >= 11 is 0. The number of H-pyrrole nitrogens is 1. The van der Waals surface area contributed by atoms with Gasteiger partial charge in [0.2, 0.25) is 5.71 Å². The average Bonchev–Trinajstić information content (AvgIpc) is 2.21. The molecule has 6 heteroatoms. The van der Waals surface area contributed by atoms with Gasteiger partial charge in [0.15, 0.2) is 5.82 Å². The lowest BCUT2D eigenvalue weighted by Gasteiger charge is -1.73. The highest BCUT2D eigenvalue weighted by Gasteiger charge is 2.01. The van der Waals surface area contributed by atoms with Gasteiger partial charge in [0.05, 0.1) is 0 Å². The van der Waals surface area contributed by atoms with Gasteiger partial charge in [-0.1, -0.05) is 0 Å². The largest absolute Gasteiger partial charge is 0.434 e. The number of aromatic amines is 1. The van der Waals surface area contributed by atoms with Crippen LogP contribution in [-0.4, -0.2) is 14.8 Å². The molecule has 0 saturated carbocycles. The van der Waals surface area contributed by atoms with Crippen LogP contribution in [0.2, 0.25) is 0 Å². The molecule has 0 saturated heterocycles. The van der Waals surface area contributed by atoms with Gasteiger partial charge in [-0.05, 0) is 0 Å². The second-order valence-corrected chi connectivity index (χ2v) is 1.82. The molecule has 10 heavy (non-hydrogen) atoms. The maximum atomic E-state index is 10.4. The van der Waals surface area contributed by atoms with Crippen molar-refractivity contribution in [1.82, 2.24) is 14.8 Å². The van der Waals surface area contributed by atoms with Gasteiger partial charge in [0, 0.05) is 6.07 Å². The summed E-state index contributed by atoms with van der Waals surface area (Å²) in [6, 6.07) is 1.46. The molecule has 0 radical (unpaired) electrons. The second-order valence-electron chi connectivity index (χ2n) is 1.82. The summed E-state index contributed by atoms with van der Waals surface area (Å²) in [5.41, 5.74) is 5.59. The number of nitrogens with zero attached hydrogens (tertiary/aromatic N) is 2. The minimum absolute atomic E-state index is 0.315. The van der Waals surface area contributed by atoms with Gasteiger partial charge >= 0.3 is 5.76 Å². The number of fused-ring (bicyclic) bond motifs is 1. The van der Waals surface area contributed by atoms with E-state index in [0.717, 1.165) is 0 Å². The van der Waals surface area contributed by atoms with E-state index < -0.39 is 5.76 Å². The van der Waals surface area contributed by atoms with Crippen molar-refractivity contribution in [1.29, 1.82) is 0 Å². The molecule has 0 spiro atoms. The van der Waals surface area contributed by atoms with Crippen molar-refractivity contribution in [3.8, 4) is 0 Å². The third-order valence-corrected chi connectivity index (χ3v) is 1.09. The maximum Gasteiger partial charge on any atom is 0.434 e. The van der Waals surface area contributed by atoms with Crippen LogP contribution >= 0.6 is 0 Å². The lowest BCUT2D eigenvalue weighted by atomic mass is 10.6. The highest BCUT2D eigenvalue weighted by Crippen LogP contribution is 2.01. The Morgan fingerprint density at radius 2 is 2.60 bits per heavy atom. The van der Waals surface area contributed by atoms with Crippen molar-refractivity contribution in [3.63, 3.8) is 0 Å². The average molecular weight is 140 g/mol. The fourth-order valence-electron chi connectivity index (χ4n) is 0.738. The summed E-state index contributed by atoms with van der Waals surface area (Å²) < 4.78 is 5.78. The van der Waals surface area contributed by atoms with Crippen LogP contribution in [-0.2, 0) is 0 Å². The molecular formula is C4H4N4O2. The molecule has 0 fully saturated rings. The van der Waals surface area contributed by atoms with Crippen LogP contribution in [0.25, 0.3) is 5.71 Å². The second kappa shape index (κ2) is 1.41. The molecule has 0 aliphatic carbocycles. The number of hydrogen-bond donors (Lipinski definition) is 2. The number of nitrogens with two attached hydrogens (primary N) is 1. The molecule has 6 nitrogen and oxygen atoms in total. The lowest BCUT2D eigenvalue weighted by molar-refractivity contribution is 0.555. The van der Waals surface area contributed by atoms with Crippen molar-refractivity contribution in [2.45, 2.75) is 0 Å². The van der Waals surface area contributed by atoms with E-state index in [1.54, 1.807) is 0 Å². The Morgan fingerprint density at radius 1 is 1.80 bits per heavy atom. The minimum Gasteiger partial charge on any atom is -0.388 e. The number of rotatable bonds is 0. The van der Waals surface area contributed by atoms with Crippen molar-refractivity contribution < 1.29 is 4.42 Å². The molecule has 3 N–H and O–H groups in total. The number of nitrogens with one attached hydrogen (secondary N) is 1. The van der Waals surface area contributed by atoms with Gasteiger partial charge in [0.1, 0.15) is 0 Å². The van der Waals surface area contributed by atoms with E-state index in [-0.39, 0.29) is 0 Å². The van der Waals surface area contributed by atoms with Crippen LogP contribution in [0.5, 0.6) is 0 Å². The monoisotopic (exact) mass is 140 g/mol. The van der Waals surface area contributed by atoms with Gasteiger partial charge in [-0.2, -0.15) is 0 Å². The van der Waals surface area contributed by atoms with E-state index >= 15 is 0 Å². The highest BCUT2D eigenvalue weighted by molar-refractivity contribution is 5.43.